The third-order valence-corrected chi connectivity index (χ3v) is 1.81. The van der Waals surface area contributed by atoms with Crippen molar-refractivity contribution in [3.05, 3.63) is 60.6 Å². The Morgan fingerprint density at radius 2 is 1.79 bits per heavy atom. The smallest absolute Gasteiger partial charge is 0.153 e. The molecule has 0 spiro atoms. The highest BCUT2D eigenvalue weighted by molar-refractivity contribution is 5.16. The molecule has 14 heavy (non-hydrogen) atoms. The van der Waals surface area contributed by atoms with Gasteiger partial charge >= 0.3 is 0 Å². The number of hydrogen-bond acceptors (Lipinski definition) is 2. The third kappa shape index (κ3) is 2.98. The fourth-order valence-corrected chi connectivity index (χ4v) is 0.939. The summed E-state index contributed by atoms with van der Waals surface area (Å²) in [7, 11) is 1.54. The second kappa shape index (κ2) is 5.12. The highest BCUT2D eigenvalue weighted by Gasteiger charge is 2.00. The molecule has 74 valence electrons. The van der Waals surface area contributed by atoms with Crippen LogP contribution in [0.1, 0.15) is 5.56 Å². The van der Waals surface area contributed by atoms with E-state index < -0.39 is 0 Å². The summed E-state index contributed by atoms with van der Waals surface area (Å²) in [4.78, 5) is 0. The molecule has 2 nitrogen and oxygen atoms in total. The van der Waals surface area contributed by atoms with Crippen LogP contribution in [0.2, 0.25) is 0 Å². The van der Waals surface area contributed by atoms with Crippen molar-refractivity contribution in [3.63, 3.8) is 0 Å². The van der Waals surface area contributed by atoms with Gasteiger partial charge < -0.3 is 9.47 Å². The van der Waals surface area contributed by atoms with E-state index in [-0.39, 0.29) is 0 Å². The van der Waals surface area contributed by atoms with Gasteiger partial charge in [-0.15, -0.1) is 0 Å². The molecule has 0 heterocycles. The largest absolute Gasteiger partial charge is 0.494 e. The van der Waals surface area contributed by atoms with Crippen LogP contribution in [0.5, 0.6) is 0 Å². The second-order valence-corrected chi connectivity index (χ2v) is 2.82. The molecule has 0 fully saturated rings. The number of hydrogen-bond donors (Lipinski definition) is 0. The lowest BCUT2D eigenvalue weighted by Gasteiger charge is -2.09. The minimum Gasteiger partial charge on any atom is -0.494 e. The fourth-order valence-electron chi connectivity index (χ4n) is 0.939. The SMILES string of the molecule is C=C(OC)C(=C)OCc1ccccc1. The molecule has 0 amide bonds. The van der Waals surface area contributed by atoms with E-state index in [4.69, 9.17) is 9.47 Å². The Hall–Kier alpha value is -1.70. The van der Waals surface area contributed by atoms with Crippen LogP contribution < -0.4 is 0 Å². The standard InChI is InChI=1S/C12H14O2/c1-10(13-3)11(2)14-9-12-7-5-4-6-8-12/h4-8H,1-2,9H2,3H3. The van der Waals surface area contributed by atoms with Gasteiger partial charge in [-0.05, 0) is 5.56 Å². The molecule has 0 atom stereocenters. The topological polar surface area (TPSA) is 18.5 Å². The Kier molecular flexibility index (Phi) is 3.80. The molecule has 0 unspecified atom stereocenters. The van der Waals surface area contributed by atoms with Gasteiger partial charge in [0.25, 0.3) is 0 Å². The molecule has 1 aromatic rings. The van der Waals surface area contributed by atoms with Crippen LogP contribution in [0.4, 0.5) is 0 Å². The van der Waals surface area contributed by atoms with Crippen molar-refractivity contribution in [2.75, 3.05) is 7.11 Å². The molecule has 1 aromatic carbocycles. The minimum absolute atomic E-state index is 0.459. The Labute approximate surface area is 84.5 Å². The van der Waals surface area contributed by atoms with E-state index in [1.165, 1.54) is 0 Å². The predicted octanol–water partition coefficient (Wildman–Crippen LogP) is 2.88. The van der Waals surface area contributed by atoms with Crippen LogP contribution in [0.25, 0.3) is 0 Å². The average molecular weight is 190 g/mol. The van der Waals surface area contributed by atoms with Crippen molar-refractivity contribution < 1.29 is 9.47 Å². The molecule has 2 heteroatoms. The highest BCUT2D eigenvalue weighted by atomic mass is 16.5. The van der Waals surface area contributed by atoms with E-state index in [1.54, 1.807) is 7.11 Å². The van der Waals surface area contributed by atoms with Gasteiger partial charge in [0.1, 0.15) is 6.61 Å². The van der Waals surface area contributed by atoms with E-state index >= 15 is 0 Å². The Morgan fingerprint density at radius 1 is 1.14 bits per heavy atom. The number of ether oxygens (including phenoxy) is 2. The zero-order chi connectivity index (χ0) is 10.4. The van der Waals surface area contributed by atoms with Crippen LogP contribution in [0.15, 0.2) is 55.0 Å². The second-order valence-electron chi connectivity index (χ2n) is 2.82. The molecule has 0 N–H and O–H groups in total. The molecule has 0 aromatic heterocycles. The van der Waals surface area contributed by atoms with Crippen LogP contribution in [-0.2, 0) is 16.1 Å². The average Bonchev–Trinajstić information content (AvgIpc) is 2.26. The van der Waals surface area contributed by atoms with Crippen molar-refractivity contribution in [1.82, 2.24) is 0 Å². The molecule has 0 aliphatic rings. The summed E-state index contributed by atoms with van der Waals surface area (Å²) in [5.74, 6) is 0.928. The molecule has 0 saturated heterocycles. The van der Waals surface area contributed by atoms with Crippen molar-refractivity contribution in [3.8, 4) is 0 Å². The number of benzene rings is 1. The molecule has 0 bridgehead atoms. The summed E-state index contributed by atoms with van der Waals surface area (Å²) in [5.41, 5.74) is 1.09. The minimum atomic E-state index is 0.459. The van der Waals surface area contributed by atoms with E-state index in [0.29, 0.717) is 18.1 Å². The summed E-state index contributed by atoms with van der Waals surface area (Å²) in [6.07, 6.45) is 0. The van der Waals surface area contributed by atoms with Gasteiger partial charge in [0.2, 0.25) is 0 Å². The lowest BCUT2D eigenvalue weighted by Crippen LogP contribution is -1.96. The third-order valence-electron chi connectivity index (χ3n) is 1.81. The van der Waals surface area contributed by atoms with Crippen molar-refractivity contribution in [2.24, 2.45) is 0 Å². The Morgan fingerprint density at radius 3 is 2.36 bits per heavy atom. The monoisotopic (exact) mass is 190 g/mol. The maximum absolute atomic E-state index is 5.36. The van der Waals surface area contributed by atoms with Gasteiger partial charge in [-0.25, -0.2) is 0 Å². The zero-order valence-electron chi connectivity index (χ0n) is 8.32. The van der Waals surface area contributed by atoms with Crippen LogP contribution >= 0.6 is 0 Å². The molecular formula is C12H14O2. The quantitative estimate of drug-likeness (QED) is 0.525. The first-order chi connectivity index (χ1) is 6.74. The van der Waals surface area contributed by atoms with Gasteiger partial charge in [0, 0.05) is 0 Å². The summed E-state index contributed by atoms with van der Waals surface area (Å²) in [6.45, 7) is 7.82. The van der Waals surface area contributed by atoms with E-state index in [1.807, 2.05) is 30.3 Å². The molecule has 1 rings (SSSR count). The van der Waals surface area contributed by atoms with Gasteiger partial charge in [-0.3, -0.25) is 0 Å². The normalized spacial score (nSPS) is 9.21. The Balaban J connectivity index is 2.42. The Bertz CT molecular complexity index is 314. The maximum Gasteiger partial charge on any atom is 0.153 e. The van der Waals surface area contributed by atoms with Crippen LogP contribution in [-0.4, -0.2) is 7.11 Å². The van der Waals surface area contributed by atoms with Gasteiger partial charge in [-0.2, -0.15) is 0 Å². The molecule has 0 aliphatic heterocycles. The van der Waals surface area contributed by atoms with Gasteiger partial charge in [0.05, 0.1) is 7.11 Å². The van der Waals surface area contributed by atoms with Crippen LogP contribution in [0.3, 0.4) is 0 Å². The van der Waals surface area contributed by atoms with Crippen molar-refractivity contribution in [2.45, 2.75) is 6.61 Å². The van der Waals surface area contributed by atoms with Crippen molar-refractivity contribution >= 4 is 0 Å². The first-order valence-electron chi connectivity index (χ1n) is 4.33. The zero-order valence-corrected chi connectivity index (χ0v) is 8.32. The summed E-state index contributed by atoms with van der Waals surface area (Å²) in [5, 5.41) is 0. The fraction of sp³-hybridized carbons (Fsp3) is 0.167. The van der Waals surface area contributed by atoms with E-state index in [0.717, 1.165) is 5.56 Å². The molecule has 0 saturated carbocycles. The highest BCUT2D eigenvalue weighted by Crippen LogP contribution is 2.10. The van der Waals surface area contributed by atoms with Gasteiger partial charge in [0.15, 0.2) is 11.5 Å². The maximum atomic E-state index is 5.36. The lowest BCUT2D eigenvalue weighted by molar-refractivity contribution is 0.168. The van der Waals surface area contributed by atoms with E-state index in [2.05, 4.69) is 13.2 Å². The van der Waals surface area contributed by atoms with Crippen LogP contribution in [0, 0.1) is 0 Å². The van der Waals surface area contributed by atoms with Gasteiger partial charge in [-0.1, -0.05) is 43.5 Å². The van der Waals surface area contributed by atoms with Crippen molar-refractivity contribution in [1.29, 1.82) is 0 Å². The molecule has 0 aliphatic carbocycles. The summed E-state index contributed by atoms with van der Waals surface area (Å²) >= 11 is 0. The number of methoxy groups -OCH3 is 1. The molecule has 0 radical (unpaired) electrons. The number of rotatable bonds is 5. The lowest BCUT2D eigenvalue weighted by atomic mass is 10.2. The summed E-state index contributed by atoms with van der Waals surface area (Å²) < 4.78 is 10.2. The first kappa shape index (κ1) is 10.4. The molecular weight excluding hydrogens is 176 g/mol. The first-order valence-corrected chi connectivity index (χ1v) is 4.33. The summed E-state index contributed by atoms with van der Waals surface area (Å²) in [6, 6.07) is 9.87. The van der Waals surface area contributed by atoms with E-state index in [9.17, 15) is 0 Å². The predicted molar refractivity (Wildman–Crippen MR) is 56.5 cm³/mol.